The summed E-state index contributed by atoms with van der Waals surface area (Å²) in [5, 5.41) is 13.5. The molecule has 0 bridgehead atoms. The first-order valence-corrected chi connectivity index (χ1v) is 11.9. The third kappa shape index (κ3) is 5.67. The van der Waals surface area contributed by atoms with Gasteiger partial charge >= 0.3 is 5.97 Å². The lowest BCUT2D eigenvalue weighted by molar-refractivity contribution is -0.384. The molecule has 0 radical (unpaired) electrons. The molecule has 3 rings (SSSR count). The smallest absolute Gasteiger partial charge is 0.340 e. The van der Waals surface area contributed by atoms with E-state index < -0.39 is 33.4 Å². The second kappa shape index (κ2) is 10.3. The number of rotatable bonds is 7. The van der Waals surface area contributed by atoms with Crippen molar-refractivity contribution < 1.29 is 27.7 Å². The van der Waals surface area contributed by atoms with Crippen LogP contribution in [0.15, 0.2) is 41.3 Å². The summed E-state index contributed by atoms with van der Waals surface area (Å²) in [5.74, 6) is -1.79. The zero-order valence-corrected chi connectivity index (χ0v) is 19.3. The summed E-state index contributed by atoms with van der Waals surface area (Å²) in [6.07, 6.45) is 2.48. The fraction of sp³-hybridized carbons (Fsp3) is 0.333. The lowest BCUT2D eigenvalue weighted by atomic mass is 10.1. The number of nitro groups is 1. The lowest BCUT2D eigenvalue weighted by Crippen LogP contribution is -2.35. The highest BCUT2D eigenvalue weighted by Crippen LogP contribution is 2.28. The molecule has 0 spiro atoms. The topological polar surface area (TPSA) is 136 Å². The first-order valence-electron chi connectivity index (χ1n) is 10.1. The van der Waals surface area contributed by atoms with Crippen molar-refractivity contribution in [3.63, 3.8) is 0 Å². The molecular formula is C21H22ClN3O7S. The molecule has 1 saturated heterocycles. The number of sulfonamides is 1. The van der Waals surface area contributed by atoms with Gasteiger partial charge in [-0.15, -0.1) is 0 Å². The second-order valence-electron chi connectivity index (χ2n) is 7.46. The van der Waals surface area contributed by atoms with E-state index in [9.17, 15) is 28.1 Å². The number of nitro benzene ring substituents is 1. The quantitative estimate of drug-likeness (QED) is 0.352. The Morgan fingerprint density at radius 1 is 1.18 bits per heavy atom. The molecule has 1 N–H and O–H groups in total. The van der Waals surface area contributed by atoms with Gasteiger partial charge in [-0.05, 0) is 43.5 Å². The Labute approximate surface area is 195 Å². The molecule has 0 aliphatic carbocycles. The molecule has 1 fully saturated rings. The summed E-state index contributed by atoms with van der Waals surface area (Å²) in [7, 11) is -3.80. The fourth-order valence-corrected chi connectivity index (χ4v) is 5.17. The highest BCUT2D eigenvalue weighted by atomic mass is 35.5. The van der Waals surface area contributed by atoms with Crippen molar-refractivity contribution in [1.82, 2.24) is 4.31 Å². The Morgan fingerprint density at radius 2 is 1.88 bits per heavy atom. The predicted molar refractivity (Wildman–Crippen MR) is 121 cm³/mol. The monoisotopic (exact) mass is 495 g/mol. The Kier molecular flexibility index (Phi) is 7.67. The minimum atomic E-state index is -3.80. The van der Waals surface area contributed by atoms with Crippen molar-refractivity contribution in [3.8, 4) is 0 Å². The summed E-state index contributed by atoms with van der Waals surface area (Å²) in [5.41, 5.74) is -0.0449. The number of carbonyl (C=O) groups excluding carboxylic acids is 2. The van der Waals surface area contributed by atoms with Crippen molar-refractivity contribution in [3.05, 3.63) is 62.7 Å². The van der Waals surface area contributed by atoms with Gasteiger partial charge in [-0.1, -0.05) is 30.2 Å². The maximum absolute atomic E-state index is 12.9. The zero-order valence-electron chi connectivity index (χ0n) is 17.7. The van der Waals surface area contributed by atoms with E-state index in [1.807, 2.05) is 0 Å². The van der Waals surface area contributed by atoms with Crippen LogP contribution in [0.4, 0.5) is 11.4 Å². The SMILES string of the molecule is Cc1cccc([N+](=O)[O-])c1NC(=O)COC(=O)c1cc(S(=O)(=O)N2CCCCC2)ccc1Cl. The number of halogens is 1. The molecule has 0 unspecified atom stereocenters. The number of esters is 1. The van der Waals surface area contributed by atoms with Gasteiger partial charge in [-0.2, -0.15) is 4.31 Å². The average Bonchev–Trinajstić information content (AvgIpc) is 2.79. The van der Waals surface area contributed by atoms with Gasteiger partial charge in [0.25, 0.3) is 11.6 Å². The van der Waals surface area contributed by atoms with Crippen LogP contribution < -0.4 is 5.32 Å². The van der Waals surface area contributed by atoms with Crippen LogP contribution in [0, 0.1) is 17.0 Å². The van der Waals surface area contributed by atoms with Crippen LogP contribution >= 0.6 is 11.6 Å². The van der Waals surface area contributed by atoms with E-state index in [4.69, 9.17) is 16.3 Å². The summed E-state index contributed by atoms with van der Waals surface area (Å²) < 4.78 is 32.1. The van der Waals surface area contributed by atoms with Crippen LogP contribution in [0.25, 0.3) is 0 Å². The molecule has 10 nitrogen and oxygen atoms in total. The minimum absolute atomic E-state index is 0.00352. The number of para-hydroxylation sites is 1. The maximum atomic E-state index is 12.9. The maximum Gasteiger partial charge on any atom is 0.340 e. The van der Waals surface area contributed by atoms with Crippen molar-refractivity contribution in [2.45, 2.75) is 31.1 Å². The minimum Gasteiger partial charge on any atom is -0.452 e. The number of benzene rings is 2. The third-order valence-electron chi connectivity index (χ3n) is 5.16. The molecule has 2 aromatic carbocycles. The molecule has 1 aliphatic rings. The molecular weight excluding hydrogens is 474 g/mol. The zero-order chi connectivity index (χ0) is 24.2. The number of hydrogen-bond donors (Lipinski definition) is 1. The van der Waals surface area contributed by atoms with Crippen LogP contribution in [-0.2, 0) is 19.6 Å². The number of amides is 1. The van der Waals surface area contributed by atoms with E-state index in [1.54, 1.807) is 13.0 Å². The summed E-state index contributed by atoms with van der Waals surface area (Å²) >= 11 is 6.06. The van der Waals surface area contributed by atoms with Gasteiger partial charge in [-0.25, -0.2) is 13.2 Å². The number of nitrogens with one attached hydrogen (secondary N) is 1. The standard InChI is InChI=1S/C21H22ClN3O7S/c1-14-6-5-7-18(25(28)29)20(14)23-19(26)13-32-21(27)16-12-15(8-9-17(16)22)33(30,31)24-10-3-2-4-11-24/h5-9,12H,2-4,10-11,13H2,1H3,(H,23,26). The molecule has 176 valence electrons. The summed E-state index contributed by atoms with van der Waals surface area (Å²) in [6, 6.07) is 8.03. The van der Waals surface area contributed by atoms with Gasteiger partial charge in [0.05, 0.1) is 20.4 Å². The van der Waals surface area contributed by atoms with E-state index in [2.05, 4.69) is 5.32 Å². The number of aryl methyl sites for hydroxylation is 1. The first-order chi connectivity index (χ1) is 15.6. The van der Waals surface area contributed by atoms with Crippen molar-refractivity contribution in [2.24, 2.45) is 0 Å². The first kappa shape index (κ1) is 24.6. The average molecular weight is 496 g/mol. The number of nitrogens with zero attached hydrogens (tertiary/aromatic N) is 2. The van der Waals surface area contributed by atoms with Crippen molar-refractivity contribution in [2.75, 3.05) is 25.0 Å². The van der Waals surface area contributed by atoms with Gasteiger partial charge in [0.1, 0.15) is 5.69 Å². The van der Waals surface area contributed by atoms with Crippen LogP contribution in [-0.4, -0.2) is 49.2 Å². The third-order valence-corrected chi connectivity index (χ3v) is 7.38. The number of anilines is 1. The summed E-state index contributed by atoms with van der Waals surface area (Å²) in [4.78, 5) is 35.2. The molecule has 12 heteroatoms. The number of hydrogen-bond acceptors (Lipinski definition) is 7. The number of carbonyl (C=O) groups is 2. The van der Waals surface area contributed by atoms with Gasteiger partial charge in [0.2, 0.25) is 10.0 Å². The molecule has 1 amide bonds. The predicted octanol–water partition coefficient (Wildman–Crippen LogP) is 3.53. The van der Waals surface area contributed by atoms with E-state index in [0.717, 1.165) is 25.3 Å². The Hall–Kier alpha value is -3.02. The largest absolute Gasteiger partial charge is 0.452 e. The highest BCUT2D eigenvalue weighted by molar-refractivity contribution is 7.89. The van der Waals surface area contributed by atoms with E-state index in [-0.39, 0.29) is 26.9 Å². The molecule has 0 atom stereocenters. The lowest BCUT2D eigenvalue weighted by Gasteiger charge is -2.26. The Morgan fingerprint density at radius 3 is 2.55 bits per heavy atom. The van der Waals surface area contributed by atoms with Gasteiger partial charge < -0.3 is 10.1 Å². The molecule has 1 heterocycles. The van der Waals surface area contributed by atoms with Gasteiger partial charge in [-0.3, -0.25) is 14.9 Å². The van der Waals surface area contributed by atoms with Crippen molar-refractivity contribution in [1.29, 1.82) is 0 Å². The van der Waals surface area contributed by atoms with Crippen LogP contribution in [0.5, 0.6) is 0 Å². The van der Waals surface area contributed by atoms with Crippen molar-refractivity contribution >= 4 is 44.9 Å². The second-order valence-corrected chi connectivity index (χ2v) is 9.80. The molecule has 0 saturated carbocycles. The van der Waals surface area contributed by atoms with E-state index in [0.29, 0.717) is 18.7 Å². The Bertz CT molecular complexity index is 1190. The van der Waals surface area contributed by atoms with Gasteiger partial charge in [0.15, 0.2) is 6.61 Å². The van der Waals surface area contributed by atoms with E-state index >= 15 is 0 Å². The van der Waals surface area contributed by atoms with Crippen LogP contribution in [0.2, 0.25) is 5.02 Å². The van der Waals surface area contributed by atoms with Gasteiger partial charge in [0, 0.05) is 19.2 Å². The van der Waals surface area contributed by atoms with Crippen LogP contribution in [0.3, 0.4) is 0 Å². The summed E-state index contributed by atoms with van der Waals surface area (Å²) in [6.45, 7) is 1.64. The Balaban J connectivity index is 1.72. The highest BCUT2D eigenvalue weighted by Gasteiger charge is 2.28. The molecule has 33 heavy (non-hydrogen) atoms. The molecule has 0 aromatic heterocycles. The fourth-order valence-electron chi connectivity index (χ4n) is 3.43. The number of piperidine rings is 1. The molecule has 1 aliphatic heterocycles. The molecule has 2 aromatic rings. The number of ether oxygens (including phenoxy) is 1. The van der Waals surface area contributed by atoms with E-state index in [1.165, 1.54) is 28.6 Å². The van der Waals surface area contributed by atoms with Crippen LogP contribution in [0.1, 0.15) is 35.2 Å². The normalized spacial score (nSPS) is 14.5.